The standard InChI is InChI=1S/C10H9BrO2/c1-7(13)10(11)9-4-2-3-8(5-9)6-12/h2-6,10H,1H3. The number of benzene rings is 1. The van der Waals surface area contributed by atoms with Gasteiger partial charge in [0.15, 0.2) is 0 Å². The summed E-state index contributed by atoms with van der Waals surface area (Å²) < 4.78 is 0. The molecule has 0 amide bonds. The van der Waals surface area contributed by atoms with Crippen LogP contribution in [-0.4, -0.2) is 12.1 Å². The second-order valence-electron chi connectivity index (χ2n) is 2.76. The second kappa shape index (κ2) is 4.33. The molecule has 2 nitrogen and oxygen atoms in total. The number of aldehydes is 1. The van der Waals surface area contributed by atoms with Gasteiger partial charge in [0.25, 0.3) is 0 Å². The quantitative estimate of drug-likeness (QED) is 0.601. The highest BCUT2D eigenvalue weighted by Crippen LogP contribution is 2.23. The molecule has 0 spiro atoms. The molecule has 0 saturated carbocycles. The van der Waals surface area contributed by atoms with Gasteiger partial charge in [0, 0.05) is 5.56 Å². The predicted octanol–water partition coefficient (Wildman–Crippen LogP) is 2.52. The van der Waals surface area contributed by atoms with Crippen LogP contribution < -0.4 is 0 Å². The summed E-state index contributed by atoms with van der Waals surface area (Å²) in [5, 5.41) is 0. The van der Waals surface area contributed by atoms with Crippen LogP contribution in [0, 0.1) is 0 Å². The van der Waals surface area contributed by atoms with E-state index in [1.165, 1.54) is 6.92 Å². The first kappa shape index (κ1) is 10.1. The normalized spacial score (nSPS) is 12.2. The average Bonchev–Trinajstić information content (AvgIpc) is 2.16. The molecule has 0 aliphatic rings. The molecule has 0 heterocycles. The van der Waals surface area contributed by atoms with Crippen molar-refractivity contribution in [1.29, 1.82) is 0 Å². The molecule has 0 radical (unpaired) electrons. The van der Waals surface area contributed by atoms with E-state index in [9.17, 15) is 9.59 Å². The minimum Gasteiger partial charge on any atom is -0.298 e. The Kier molecular flexibility index (Phi) is 3.37. The first-order chi connectivity index (χ1) is 6.15. The Labute approximate surface area is 85.1 Å². The highest BCUT2D eigenvalue weighted by atomic mass is 79.9. The maximum atomic E-state index is 11.0. The summed E-state index contributed by atoms with van der Waals surface area (Å²) in [6.45, 7) is 1.51. The van der Waals surface area contributed by atoms with Crippen molar-refractivity contribution in [3.05, 3.63) is 35.4 Å². The lowest BCUT2D eigenvalue weighted by molar-refractivity contribution is -0.116. The number of Topliss-reactive ketones (excluding diaryl/α,β-unsaturated/α-hetero) is 1. The molecule has 0 N–H and O–H groups in total. The van der Waals surface area contributed by atoms with Gasteiger partial charge in [-0.25, -0.2) is 0 Å². The second-order valence-corrected chi connectivity index (χ2v) is 3.68. The molecule has 3 heteroatoms. The molecular weight excluding hydrogens is 232 g/mol. The van der Waals surface area contributed by atoms with E-state index in [4.69, 9.17) is 0 Å². The lowest BCUT2D eigenvalue weighted by atomic mass is 10.1. The molecule has 0 bridgehead atoms. The number of rotatable bonds is 3. The Morgan fingerprint density at radius 1 is 1.54 bits per heavy atom. The third-order valence-electron chi connectivity index (χ3n) is 1.70. The highest BCUT2D eigenvalue weighted by molar-refractivity contribution is 9.09. The molecule has 0 aliphatic carbocycles. The van der Waals surface area contributed by atoms with Gasteiger partial charge in [0.2, 0.25) is 0 Å². The van der Waals surface area contributed by atoms with Gasteiger partial charge in [-0.05, 0) is 18.6 Å². The first-order valence-corrected chi connectivity index (χ1v) is 4.76. The van der Waals surface area contributed by atoms with Crippen LogP contribution in [0.25, 0.3) is 0 Å². The lowest BCUT2D eigenvalue weighted by Gasteiger charge is -2.05. The molecule has 0 aromatic heterocycles. The monoisotopic (exact) mass is 240 g/mol. The van der Waals surface area contributed by atoms with Crippen LogP contribution in [-0.2, 0) is 4.79 Å². The summed E-state index contributed by atoms with van der Waals surface area (Å²) >= 11 is 3.25. The van der Waals surface area contributed by atoms with E-state index in [0.717, 1.165) is 11.8 Å². The SMILES string of the molecule is CC(=O)C(Br)c1cccc(C=O)c1. The average molecular weight is 241 g/mol. The molecule has 1 rings (SSSR count). The minimum absolute atomic E-state index is 0.0306. The molecular formula is C10H9BrO2. The van der Waals surface area contributed by atoms with Crippen LogP contribution in [0.15, 0.2) is 24.3 Å². The van der Waals surface area contributed by atoms with E-state index in [1.54, 1.807) is 18.2 Å². The molecule has 1 aromatic rings. The van der Waals surface area contributed by atoms with E-state index in [0.29, 0.717) is 5.56 Å². The first-order valence-electron chi connectivity index (χ1n) is 3.85. The number of halogens is 1. The van der Waals surface area contributed by atoms with Crippen molar-refractivity contribution in [1.82, 2.24) is 0 Å². The fourth-order valence-electron chi connectivity index (χ4n) is 1.02. The molecule has 0 fully saturated rings. The van der Waals surface area contributed by atoms with E-state index < -0.39 is 0 Å². The molecule has 68 valence electrons. The van der Waals surface area contributed by atoms with Crippen molar-refractivity contribution in [3.63, 3.8) is 0 Å². The number of ketones is 1. The Morgan fingerprint density at radius 3 is 2.77 bits per heavy atom. The summed E-state index contributed by atoms with van der Waals surface area (Å²) in [7, 11) is 0. The Bertz CT molecular complexity index is 333. The summed E-state index contributed by atoms with van der Waals surface area (Å²) in [6.07, 6.45) is 0.767. The van der Waals surface area contributed by atoms with Crippen LogP contribution in [0.1, 0.15) is 27.7 Å². The van der Waals surface area contributed by atoms with Crippen molar-refractivity contribution < 1.29 is 9.59 Å². The van der Waals surface area contributed by atoms with Crippen LogP contribution in [0.2, 0.25) is 0 Å². The maximum absolute atomic E-state index is 11.0. The van der Waals surface area contributed by atoms with Gasteiger partial charge in [0.1, 0.15) is 12.1 Å². The molecule has 1 aromatic carbocycles. The van der Waals surface area contributed by atoms with Gasteiger partial charge < -0.3 is 0 Å². The van der Waals surface area contributed by atoms with E-state index in [2.05, 4.69) is 15.9 Å². The zero-order chi connectivity index (χ0) is 9.84. The van der Waals surface area contributed by atoms with Crippen molar-refractivity contribution >= 4 is 28.0 Å². The number of carbonyl (C=O) groups excluding carboxylic acids is 2. The van der Waals surface area contributed by atoms with Crippen molar-refractivity contribution in [2.24, 2.45) is 0 Å². The maximum Gasteiger partial charge on any atom is 0.150 e. The van der Waals surface area contributed by atoms with Crippen molar-refractivity contribution in [2.45, 2.75) is 11.8 Å². The predicted molar refractivity (Wildman–Crippen MR) is 54.2 cm³/mol. The van der Waals surface area contributed by atoms with E-state index >= 15 is 0 Å². The third kappa shape index (κ3) is 2.49. The van der Waals surface area contributed by atoms with Gasteiger partial charge in [-0.2, -0.15) is 0 Å². The highest BCUT2D eigenvalue weighted by Gasteiger charge is 2.11. The van der Waals surface area contributed by atoms with Crippen LogP contribution >= 0.6 is 15.9 Å². The summed E-state index contributed by atoms with van der Waals surface area (Å²) in [5.74, 6) is 0.0306. The number of hydrogen-bond donors (Lipinski definition) is 0. The third-order valence-corrected chi connectivity index (χ3v) is 2.87. The molecule has 0 saturated heterocycles. The zero-order valence-corrected chi connectivity index (χ0v) is 8.74. The van der Waals surface area contributed by atoms with Crippen LogP contribution in [0.5, 0.6) is 0 Å². The fraction of sp³-hybridized carbons (Fsp3) is 0.200. The zero-order valence-electron chi connectivity index (χ0n) is 7.16. The summed E-state index contributed by atoms with van der Waals surface area (Å²) in [6, 6.07) is 6.98. The number of hydrogen-bond acceptors (Lipinski definition) is 2. The van der Waals surface area contributed by atoms with E-state index in [1.807, 2.05) is 6.07 Å². The fourth-order valence-corrected chi connectivity index (χ4v) is 1.31. The van der Waals surface area contributed by atoms with Gasteiger partial charge in [-0.1, -0.05) is 34.1 Å². The molecule has 0 aliphatic heterocycles. The van der Waals surface area contributed by atoms with Crippen molar-refractivity contribution in [3.8, 4) is 0 Å². The Hall–Kier alpha value is -0.960. The van der Waals surface area contributed by atoms with Crippen molar-refractivity contribution in [2.75, 3.05) is 0 Å². The van der Waals surface area contributed by atoms with Gasteiger partial charge >= 0.3 is 0 Å². The largest absolute Gasteiger partial charge is 0.298 e. The Balaban J connectivity index is 3.01. The topological polar surface area (TPSA) is 34.1 Å². The minimum atomic E-state index is -0.313. The summed E-state index contributed by atoms with van der Waals surface area (Å²) in [5.41, 5.74) is 1.40. The molecule has 1 atom stereocenters. The van der Waals surface area contributed by atoms with E-state index in [-0.39, 0.29) is 10.6 Å². The molecule has 1 unspecified atom stereocenters. The molecule has 13 heavy (non-hydrogen) atoms. The smallest absolute Gasteiger partial charge is 0.150 e. The van der Waals surface area contributed by atoms with Crippen LogP contribution in [0.4, 0.5) is 0 Å². The van der Waals surface area contributed by atoms with Gasteiger partial charge in [0.05, 0.1) is 4.83 Å². The Morgan fingerprint density at radius 2 is 2.23 bits per heavy atom. The lowest BCUT2D eigenvalue weighted by Crippen LogP contribution is -2.01. The number of carbonyl (C=O) groups is 2. The van der Waals surface area contributed by atoms with Gasteiger partial charge in [-0.15, -0.1) is 0 Å². The number of alkyl halides is 1. The summed E-state index contributed by atoms with van der Waals surface area (Å²) in [4.78, 5) is 21.1. The van der Waals surface area contributed by atoms with Gasteiger partial charge in [-0.3, -0.25) is 9.59 Å². The van der Waals surface area contributed by atoms with Crippen LogP contribution in [0.3, 0.4) is 0 Å².